The predicted octanol–water partition coefficient (Wildman–Crippen LogP) is 3.88. The highest BCUT2D eigenvalue weighted by atomic mass is 28.4. The summed E-state index contributed by atoms with van der Waals surface area (Å²) < 4.78 is 13.3. The molecule has 4 nitrogen and oxygen atoms in total. The number of aliphatic hydroxyl groups excluding tert-OH is 1. The molecule has 1 spiro atoms. The van der Waals surface area contributed by atoms with E-state index in [-0.39, 0.29) is 16.6 Å². The summed E-state index contributed by atoms with van der Waals surface area (Å²) in [6, 6.07) is 4.87. The molecule has 0 amide bonds. The van der Waals surface area contributed by atoms with Crippen molar-refractivity contribution in [3.63, 3.8) is 0 Å². The van der Waals surface area contributed by atoms with Crippen molar-refractivity contribution in [2.45, 2.75) is 75.4 Å². The van der Waals surface area contributed by atoms with E-state index in [0.29, 0.717) is 12.0 Å². The van der Waals surface area contributed by atoms with Gasteiger partial charge in [-0.05, 0) is 56.2 Å². The highest BCUT2D eigenvalue weighted by Crippen LogP contribution is 2.62. The summed E-state index contributed by atoms with van der Waals surface area (Å²) in [4.78, 5) is 2.50. The molecular weight excluding hydrogens is 366 g/mol. The Hall–Kier alpha value is -1.30. The monoisotopic (exact) mass is 399 g/mol. The van der Waals surface area contributed by atoms with E-state index in [9.17, 15) is 5.11 Å². The van der Waals surface area contributed by atoms with Crippen LogP contribution in [0.5, 0.6) is 11.5 Å². The number of benzene rings is 1. The molecule has 0 saturated carbocycles. The highest BCUT2D eigenvalue weighted by molar-refractivity contribution is 6.74. The maximum Gasteiger partial charge on any atom is 0.250 e. The summed E-state index contributed by atoms with van der Waals surface area (Å²) in [6.45, 7) is 12.4. The fraction of sp³-hybridized carbons (Fsp3) is 0.652. The molecule has 1 fully saturated rings. The molecule has 1 N–H and O–H groups in total. The summed E-state index contributed by atoms with van der Waals surface area (Å²) in [5, 5.41) is 11.0. The number of likely N-dealkylation sites (tertiary alicyclic amines) is 1. The number of nitrogens with zero attached hydrogens (tertiary/aromatic N) is 1. The Labute approximate surface area is 169 Å². The molecule has 5 rings (SSSR count). The summed E-state index contributed by atoms with van der Waals surface area (Å²) in [5.74, 6) is 2.21. The number of aliphatic hydroxyl groups is 1. The molecule has 28 heavy (non-hydrogen) atoms. The van der Waals surface area contributed by atoms with Crippen LogP contribution in [0.4, 0.5) is 0 Å². The zero-order valence-corrected chi connectivity index (χ0v) is 19.0. The lowest BCUT2D eigenvalue weighted by atomic mass is 9.53. The van der Waals surface area contributed by atoms with Gasteiger partial charge in [0.15, 0.2) is 5.75 Å². The van der Waals surface area contributed by atoms with Crippen LogP contribution in [0.1, 0.15) is 38.3 Å². The lowest BCUT2D eigenvalue weighted by Crippen LogP contribution is -2.64. The Bertz CT molecular complexity index is 858. The quantitative estimate of drug-likeness (QED) is 0.605. The van der Waals surface area contributed by atoms with Crippen LogP contribution in [0.2, 0.25) is 18.1 Å². The maximum absolute atomic E-state index is 10.9. The van der Waals surface area contributed by atoms with Gasteiger partial charge in [0, 0.05) is 22.9 Å². The van der Waals surface area contributed by atoms with Gasteiger partial charge in [0.2, 0.25) is 0 Å². The largest absolute Gasteiger partial charge is 0.541 e. The van der Waals surface area contributed by atoms with Gasteiger partial charge in [0.1, 0.15) is 18.0 Å². The van der Waals surface area contributed by atoms with E-state index in [2.05, 4.69) is 64.0 Å². The van der Waals surface area contributed by atoms with Gasteiger partial charge in [-0.15, -0.1) is 0 Å². The molecular formula is C23H33NO3Si. The van der Waals surface area contributed by atoms with Crippen molar-refractivity contribution < 1.29 is 14.3 Å². The van der Waals surface area contributed by atoms with Gasteiger partial charge in [-0.25, -0.2) is 0 Å². The Balaban J connectivity index is 1.67. The normalized spacial score (nSPS) is 36.1. The molecule has 152 valence electrons. The highest BCUT2D eigenvalue weighted by Gasteiger charge is 2.64. The second-order valence-corrected chi connectivity index (χ2v) is 15.5. The second-order valence-electron chi connectivity index (χ2n) is 10.8. The molecule has 1 aromatic carbocycles. The fourth-order valence-electron chi connectivity index (χ4n) is 5.74. The van der Waals surface area contributed by atoms with Gasteiger partial charge < -0.3 is 19.2 Å². The van der Waals surface area contributed by atoms with Crippen LogP contribution in [0.25, 0.3) is 0 Å². The summed E-state index contributed by atoms with van der Waals surface area (Å²) >= 11 is 0. The van der Waals surface area contributed by atoms with Gasteiger partial charge in [0.25, 0.3) is 8.32 Å². The van der Waals surface area contributed by atoms with Crippen molar-refractivity contribution in [1.82, 2.24) is 4.90 Å². The minimum absolute atomic E-state index is 0.110. The predicted molar refractivity (Wildman–Crippen MR) is 114 cm³/mol. The van der Waals surface area contributed by atoms with Crippen LogP contribution < -0.4 is 9.16 Å². The van der Waals surface area contributed by atoms with Crippen LogP contribution >= 0.6 is 0 Å². The van der Waals surface area contributed by atoms with E-state index < -0.39 is 14.4 Å². The van der Waals surface area contributed by atoms with E-state index in [0.717, 1.165) is 30.9 Å². The van der Waals surface area contributed by atoms with Crippen LogP contribution in [0, 0.1) is 5.92 Å². The lowest BCUT2D eigenvalue weighted by Gasteiger charge is -2.56. The second kappa shape index (κ2) is 5.64. The van der Waals surface area contributed by atoms with Crippen molar-refractivity contribution in [3.05, 3.63) is 35.4 Å². The Morgan fingerprint density at radius 3 is 2.71 bits per heavy atom. The molecule has 2 aliphatic carbocycles. The fourth-order valence-corrected chi connectivity index (χ4v) is 6.75. The number of rotatable bonds is 2. The molecule has 2 aliphatic heterocycles. The van der Waals surface area contributed by atoms with Gasteiger partial charge >= 0.3 is 0 Å². The number of piperidine rings is 1. The van der Waals surface area contributed by atoms with E-state index in [1.807, 2.05) is 6.08 Å². The first-order valence-electron chi connectivity index (χ1n) is 10.6. The molecule has 1 aromatic rings. The SMILES string of the molecule is CN1CC[C@]23c4c5ccc(O[Si](C)(C)C(C)(C)C)c4O[C@@H]2[C@H](O)C=C[C@H]3[C@H]1C5. The average molecular weight is 400 g/mol. The zero-order valence-electron chi connectivity index (χ0n) is 18.0. The smallest absolute Gasteiger partial charge is 0.250 e. The first-order chi connectivity index (χ1) is 13.1. The van der Waals surface area contributed by atoms with Crippen molar-refractivity contribution in [2.24, 2.45) is 5.92 Å². The topological polar surface area (TPSA) is 41.9 Å². The van der Waals surface area contributed by atoms with Gasteiger partial charge in [-0.1, -0.05) is 39.0 Å². The first-order valence-corrected chi connectivity index (χ1v) is 13.6. The molecule has 0 unspecified atom stereocenters. The Kier molecular flexibility index (Phi) is 3.77. The van der Waals surface area contributed by atoms with Gasteiger partial charge in [0.05, 0.1) is 0 Å². The number of likely N-dealkylation sites (N-methyl/N-ethyl adjacent to an activating group) is 1. The molecule has 4 aliphatic rings. The van der Waals surface area contributed by atoms with Crippen molar-refractivity contribution in [1.29, 1.82) is 0 Å². The molecule has 2 bridgehead atoms. The minimum Gasteiger partial charge on any atom is -0.541 e. The van der Waals surface area contributed by atoms with Crippen LogP contribution in [-0.2, 0) is 11.8 Å². The third kappa shape index (κ3) is 2.24. The average Bonchev–Trinajstić information content (AvgIpc) is 2.96. The molecule has 5 heteroatoms. The van der Waals surface area contributed by atoms with Crippen LogP contribution in [-0.4, -0.2) is 50.2 Å². The van der Waals surface area contributed by atoms with E-state index in [4.69, 9.17) is 9.16 Å². The lowest BCUT2D eigenvalue weighted by molar-refractivity contribution is -0.0452. The zero-order chi connectivity index (χ0) is 20.1. The Morgan fingerprint density at radius 2 is 2.00 bits per heavy atom. The Morgan fingerprint density at radius 1 is 1.25 bits per heavy atom. The van der Waals surface area contributed by atoms with Gasteiger partial charge in [-0.2, -0.15) is 0 Å². The van der Waals surface area contributed by atoms with E-state index in [1.165, 1.54) is 11.1 Å². The van der Waals surface area contributed by atoms with Crippen molar-refractivity contribution in [3.8, 4) is 11.5 Å². The minimum atomic E-state index is -1.98. The molecule has 0 aromatic heterocycles. The van der Waals surface area contributed by atoms with Crippen molar-refractivity contribution >= 4 is 8.32 Å². The third-order valence-corrected chi connectivity index (χ3v) is 12.6. The van der Waals surface area contributed by atoms with Crippen LogP contribution in [0.3, 0.4) is 0 Å². The van der Waals surface area contributed by atoms with E-state index in [1.54, 1.807) is 0 Å². The summed E-state index contributed by atoms with van der Waals surface area (Å²) in [5.41, 5.74) is 2.61. The number of ether oxygens (including phenoxy) is 1. The van der Waals surface area contributed by atoms with Crippen LogP contribution in [0.15, 0.2) is 24.3 Å². The molecule has 1 saturated heterocycles. The van der Waals surface area contributed by atoms with Crippen molar-refractivity contribution in [2.75, 3.05) is 13.6 Å². The van der Waals surface area contributed by atoms with E-state index >= 15 is 0 Å². The molecule has 2 heterocycles. The maximum atomic E-state index is 10.9. The first kappa shape index (κ1) is 18.7. The number of hydrogen-bond donors (Lipinski definition) is 1. The molecule has 0 radical (unpaired) electrons. The molecule has 5 atom stereocenters. The van der Waals surface area contributed by atoms with Gasteiger partial charge in [-0.3, -0.25) is 0 Å². The summed E-state index contributed by atoms with van der Waals surface area (Å²) in [7, 11) is 0.256. The number of hydrogen-bond acceptors (Lipinski definition) is 4. The summed E-state index contributed by atoms with van der Waals surface area (Å²) in [6.07, 6.45) is 5.55. The standard InChI is InChI=1S/C23H33NO3Si/c1-22(2,3)28(5,6)27-18-10-7-14-13-16-15-8-9-17(25)21-23(15,11-12-24(16)4)19(14)20(18)26-21/h7-10,15-17,21,25H,11-13H2,1-6H3/t15-,16+,17+,21+,23-/m0/s1. The third-order valence-electron chi connectivity index (χ3n) is 8.31.